The minimum absolute atomic E-state index is 0.0146. The molecule has 0 amide bonds. The molecule has 0 radical (unpaired) electrons. The van der Waals surface area contributed by atoms with Crippen molar-refractivity contribution in [2.45, 2.75) is 57.6 Å². The molecule has 1 aliphatic carbocycles. The van der Waals surface area contributed by atoms with Crippen LogP contribution in [0.25, 0.3) is 12.2 Å². The van der Waals surface area contributed by atoms with E-state index in [2.05, 4.69) is 0 Å². The normalized spacial score (nSPS) is 21.3. The zero-order valence-corrected chi connectivity index (χ0v) is 27.5. The Labute approximate surface area is 291 Å². The number of carbonyl (C=O) groups is 4. The van der Waals surface area contributed by atoms with Crippen molar-refractivity contribution in [2.24, 2.45) is 0 Å². The van der Waals surface area contributed by atoms with Crippen molar-refractivity contribution >= 4 is 36.0 Å². The summed E-state index contributed by atoms with van der Waals surface area (Å²) in [5.74, 6) is -2.99. The Kier molecular flexibility index (Phi) is 9.97. The first-order valence-corrected chi connectivity index (χ1v) is 16.0. The molecular weight excluding hydrogens is 660 g/mol. The molecule has 5 atom stereocenters. The first kappa shape index (κ1) is 35.3. The standard InChI is InChI=1S/C39H34O12/c1-19-33(43)37(47)38(48)39(49-19)51-30-16-27-32(35(45)26(30)15-22-9-6-10-23(17-40)28(22)18-41)34(44)25-13-14-29(50-20(2)42)24(31(25)36(27)46)12-11-21-7-4-3-5-8-21/h3-14,16,18-19,33,37-40,43,45,47-48H,15,17H2,1-2H3/t19-,33-,37-,38-,39-/m1/s1. The van der Waals surface area contributed by atoms with Crippen molar-refractivity contribution < 1.29 is 58.9 Å². The highest BCUT2D eigenvalue weighted by Gasteiger charge is 2.44. The molecule has 2 aliphatic rings. The average molecular weight is 695 g/mol. The fourth-order valence-electron chi connectivity index (χ4n) is 6.36. The average Bonchev–Trinajstić information content (AvgIpc) is 3.12. The zero-order valence-electron chi connectivity index (χ0n) is 27.5. The van der Waals surface area contributed by atoms with Crippen LogP contribution in [0.3, 0.4) is 0 Å². The third-order valence-electron chi connectivity index (χ3n) is 9.00. The molecule has 6 rings (SSSR count). The van der Waals surface area contributed by atoms with Crippen molar-refractivity contribution in [3.05, 3.63) is 122 Å². The van der Waals surface area contributed by atoms with Crippen LogP contribution in [0.2, 0.25) is 0 Å². The van der Waals surface area contributed by atoms with E-state index in [0.29, 0.717) is 17.4 Å². The topological polar surface area (TPSA) is 197 Å². The highest BCUT2D eigenvalue weighted by molar-refractivity contribution is 6.31. The van der Waals surface area contributed by atoms with Gasteiger partial charge in [-0.2, -0.15) is 0 Å². The second-order valence-electron chi connectivity index (χ2n) is 12.3. The van der Waals surface area contributed by atoms with Crippen LogP contribution in [0.15, 0.2) is 66.7 Å². The van der Waals surface area contributed by atoms with Crippen molar-refractivity contribution in [3.63, 3.8) is 0 Å². The van der Waals surface area contributed by atoms with Crippen molar-refractivity contribution in [1.82, 2.24) is 0 Å². The lowest BCUT2D eigenvalue weighted by Gasteiger charge is -2.39. The van der Waals surface area contributed by atoms with Crippen molar-refractivity contribution in [3.8, 4) is 17.2 Å². The fraction of sp³-hybridized carbons (Fsp3) is 0.231. The number of aromatic hydroxyl groups is 1. The molecule has 0 saturated carbocycles. The van der Waals surface area contributed by atoms with Gasteiger partial charge in [-0.15, -0.1) is 0 Å². The highest BCUT2D eigenvalue weighted by Crippen LogP contribution is 2.44. The van der Waals surface area contributed by atoms with Crippen LogP contribution < -0.4 is 9.47 Å². The largest absolute Gasteiger partial charge is 0.507 e. The van der Waals surface area contributed by atoms with Crippen LogP contribution in [0.5, 0.6) is 17.2 Å². The number of ether oxygens (including phenoxy) is 3. The molecule has 4 aromatic carbocycles. The molecule has 262 valence electrons. The molecule has 51 heavy (non-hydrogen) atoms. The number of aliphatic hydroxyl groups excluding tert-OH is 4. The molecule has 1 aliphatic heterocycles. The predicted octanol–water partition coefficient (Wildman–Crippen LogP) is 3.37. The van der Waals surface area contributed by atoms with E-state index in [1.165, 1.54) is 32.0 Å². The second-order valence-corrected chi connectivity index (χ2v) is 12.3. The van der Waals surface area contributed by atoms with Gasteiger partial charge in [-0.25, -0.2) is 0 Å². The quantitative estimate of drug-likeness (QED) is 0.0654. The molecule has 1 fully saturated rings. The Hall–Kier alpha value is -5.50. The summed E-state index contributed by atoms with van der Waals surface area (Å²) in [4.78, 5) is 52.9. The van der Waals surface area contributed by atoms with E-state index in [1.54, 1.807) is 30.4 Å². The summed E-state index contributed by atoms with van der Waals surface area (Å²) in [5, 5.41) is 53.2. The van der Waals surface area contributed by atoms with Gasteiger partial charge in [0.05, 0.1) is 18.3 Å². The molecule has 1 heterocycles. The summed E-state index contributed by atoms with van der Waals surface area (Å²) in [5.41, 5.74) is 0.782. The van der Waals surface area contributed by atoms with Crippen LogP contribution in [-0.4, -0.2) is 80.1 Å². The lowest BCUT2D eigenvalue weighted by atomic mass is 9.79. The van der Waals surface area contributed by atoms with Gasteiger partial charge in [0.25, 0.3) is 0 Å². The number of fused-ring (bicyclic) bond motifs is 2. The molecular formula is C39H34O12. The van der Waals surface area contributed by atoms with E-state index in [0.717, 1.165) is 5.56 Å². The third-order valence-corrected chi connectivity index (χ3v) is 9.00. The minimum Gasteiger partial charge on any atom is -0.507 e. The smallest absolute Gasteiger partial charge is 0.308 e. The van der Waals surface area contributed by atoms with Gasteiger partial charge in [0.1, 0.15) is 35.6 Å². The summed E-state index contributed by atoms with van der Waals surface area (Å²) in [6.45, 7) is 2.19. The number of benzene rings is 4. The van der Waals surface area contributed by atoms with Gasteiger partial charge in [-0.1, -0.05) is 54.6 Å². The van der Waals surface area contributed by atoms with E-state index >= 15 is 0 Å². The summed E-state index contributed by atoms with van der Waals surface area (Å²) < 4.78 is 17.1. The number of aldehydes is 1. The Morgan fingerprint density at radius 1 is 0.824 bits per heavy atom. The van der Waals surface area contributed by atoms with Gasteiger partial charge < -0.3 is 39.7 Å². The summed E-state index contributed by atoms with van der Waals surface area (Å²) in [6.07, 6.45) is -3.98. The Morgan fingerprint density at radius 2 is 1.53 bits per heavy atom. The molecule has 4 aromatic rings. The molecule has 0 aromatic heterocycles. The molecule has 0 spiro atoms. The van der Waals surface area contributed by atoms with Gasteiger partial charge in [0.2, 0.25) is 6.29 Å². The SMILES string of the molecule is CC(=O)Oc1ccc2c(c1C=Cc1ccccc1)C(=O)c1cc(O[C@H]3O[C@H](C)[C@@H](O)[C@@H](O)[C@H]3O)c(Cc3cccc(CO)c3C=O)c(O)c1C2=O. The maximum absolute atomic E-state index is 14.5. The number of rotatable bonds is 9. The lowest BCUT2D eigenvalue weighted by molar-refractivity contribution is -0.268. The maximum Gasteiger partial charge on any atom is 0.308 e. The number of hydrogen-bond acceptors (Lipinski definition) is 12. The molecule has 0 unspecified atom stereocenters. The predicted molar refractivity (Wildman–Crippen MR) is 182 cm³/mol. The number of phenols is 1. The highest BCUT2D eigenvalue weighted by atomic mass is 16.7. The van der Waals surface area contributed by atoms with Crippen LogP contribution in [-0.2, 0) is 22.6 Å². The number of ketones is 2. The van der Waals surface area contributed by atoms with E-state index in [1.807, 2.05) is 30.3 Å². The maximum atomic E-state index is 14.5. The fourth-order valence-corrected chi connectivity index (χ4v) is 6.36. The zero-order chi connectivity index (χ0) is 36.6. The number of aliphatic hydroxyl groups is 4. The van der Waals surface area contributed by atoms with Crippen molar-refractivity contribution in [2.75, 3.05) is 0 Å². The summed E-state index contributed by atoms with van der Waals surface area (Å²) >= 11 is 0. The first-order valence-electron chi connectivity index (χ1n) is 16.0. The number of esters is 1. The number of phenolic OH excluding ortho intramolecular Hbond substituents is 1. The second kappa shape index (κ2) is 14.4. The van der Waals surface area contributed by atoms with Crippen LogP contribution in [0.4, 0.5) is 0 Å². The summed E-state index contributed by atoms with van der Waals surface area (Å²) in [7, 11) is 0. The first-order chi connectivity index (χ1) is 24.4. The third kappa shape index (κ3) is 6.58. The van der Waals surface area contributed by atoms with Gasteiger partial charge in [0.15, 0.2) is 17.9 Å². The van der Waals surface area contributed by atoms with Gasteiger partial charge in [0, 0.05) is 46.7 Å². The van der Waals surface area contributed by atoms with E-state index in [-0.39, 0.29) is 56.9 Å². The van der Waals surface area contributed by atoms with E-state index in [9.17, 15) is 44.7 Å². The van der Waals surface area contributed by atoms with Gasteiger partial charge in [-0.05, 0) is 47.9 Å². The Balaban J connectivity index is 1.54. The minimum atomic E-state index is -1.77. The Bertz CT molecular complexity index is 2070. The molecule has 1 saturated heterocycles. The van der Waals surface area contributed by atoms with Crippen LogP contribution >= 0.6 is 0 Å². The van der Waals surface area contributed by atoms with Crippen LogP contribution in [0, 0.1) is 0 Å². The van der Waals surface area contributed by atoms with E-state index in [4.69, 9.17) is 14.2 Å². The summed E-state index contributed by atoms with van der Waals surface area (Å²) in [6, 6.07) is 17.7. The molecule has 5 N–H and O–H groups in total. The Morgan fingerprint density at radius 3 is 2.22 bits per heavy atom. The van der Waals surface area contributed by atoms with E-state index < -0.39 is 60.6 Å². The monoisotopic (exact) mass is 694 g/mol. The molecule has 12 nitrogen and oxygen atoms in total. The van der Waals surface area contributed by atoms with Crippen LogP contribution in [0.1, 0.15) is 83.9 Å². The number of hydrogen-bond donors (Lipinski definition) is 5. The lowest BCUT2D eigenvalue weighted by Crippen LogP contribution is -2.58. The van der Waals surface area contributed by atoms with Gasteiger partial charge >= 0.3 is 5.97 Å². The van der Waals surface area contributed by atoms with Gasteiger partial charge in [-0.3, -0.25) is 19.2 Å². The number of carbonyl (C=O) groups excluding carboxylic acids is 4. The molecule has 12 heteroatoms. The van der Waals surface area contributed by atoms with Crippen molar-refractivity contribution in [1.29, 1.82) is 0 Å². The molecule has 0 bridgehead atoms.